The van der Waals surface area contributed by atoms with Crippen LogP contribution in [0.15, 0.2) is 36.0 Å². The topological polar surface area (TPSA) is 83.8 Å². The molecule has 0 radical (unpaired) electrons. The highest BCUT2D eigenvalue weighted by molar-refractivity contribution is 6.04. The van der Waals surface area contributed by atoms with E-state index in [0.717, 1.165) is 0 Å². The molecule has 1 rings (SSSR count). The van der Waals surface area contributed by atoms with Crippen molar-refractivity contribution in [2.45, 2.75) is 39.2 Å². The zero-order valence-corrected chi connectivity index (χ0v) is 13.2. The van der Waals surface area contributed by atoms with Crippen LogP contribution in [-0.4, -0.2) is 41.3 Å². The van der Waals surface area contributed by atoms with Crippen molar-refractivity contribution < 1.29 is 24.5 Å². The number of carbonyl (C=O) groups excluding carboxylic acids is 2. The summed E-state index contributed by atoms with van der Waals surface area (Å²) in [5.74, 6) is -0.696. The van der Waals surface area contributed by atoms with Gasteiger partial charge in [-0.1, -0.05) is 25.7 Å². The van der Waals surface area contributed by atoms with Gasteiger partial charge in [-0.2, -0.15) is 0 Å². The van der Waals surface area contributed by atoms with Crippen molar-refractivity contribution >= 4 is 11.8 Å². The Balaban J connectivity index is 3.07. The van der Waals surface area contributed by atoms with Gasteiger partial charge in [0.2, 0.25) is 0 Å². The molecule has 22 heavy (non-hydrogen) atoms. The zero-order valence-electron chi connectivity index (χ0n) is 13.2. The van der Waals surface area contributed by atoms with Crippen molar-refractivity contribution in [1.82, 2.24) is 0 Å². The zero-order chi connectivity index (χ0) is 16.8. The van der Waals surface area contributed by atoms with E-state index in [-0.39, 0.29) is 19.0 Å². The van der Waals surface area contributed by atoms with E-state index >= 15 is 0 Å². The van der Waals surface area contributed by atoms with Gasteiger partial charge in [-0.25, -0.2) is 0 Å². The van der Waals surface area contributed by atoms with Gasteiger partial charge < -0.3 is 14.9 Å². The first-order chi connectivity index (χ1) is 10.3. The molecular weight excluding hydrogens is 284 g/mol. The summed E-state index contributed by atoms with van der Waals surface area (Å²) < 4.78 is 5.05. The molecule has 5 nitrogen and oxygen atoms in total. The Bertz CT molecular complexity index is 503. The minimum absolute atomic E-state index is 0.0641. The number of carbonyl (C=O) groups is 2. The normalized spacial score (nSPS) is 30.9. The lowest BCUT2D eigenvalue weighted by molar-refractivity contribution is -0.143. The van der Waals surface area contributed by atoms with Gasteiger partial charge in [-0.15, -0.1) is 0 Å². The van der Waals surface area contributed by atoms with E-state index in [9.17, 15) is 19.8 Å². The SMILES string of the molecule is C=C1CC/C=C(/CO)C(=O)/C=C/C(C)(COC(C)=O)CC1O. The number of ether oxygens (including phenoxy) is 1. The number of aliphatic hydroxyl groups excluding tert-OH is 2. The molecule has 0 bridgehead atoms. The van der Waals surface area contributed by atoms with Crippen molar-refractivity contribution in [3.8, 4) is 0 Å². The maximum absolute atomic E-state index is 12.1. The average molecular weight is 308 g/mol. The summed E-state index contributed by atoms with van der Waals surface area (Å²) in [7, 11) is 0. The predicted molar refractivity (Wildman–Crippen MR) is 83.1 cm³/mol. The van der Waals surface area contributed by atoms with Crippen molar-refractivity contribution in [2.75, 3.05) is 13.2 Å². The summed E-state index contributed by atoms with van der Waals surface area (Å²) in [4.78, 5) is 23.1. The Hall–Kier alpha value is -1.72. The molecule has 1 aliphatic rings. The number of rotatable bonds is 3. The number of ketones is 1. The molecule has 0 spiro atoms. The first-order valence-electron chi connectivity index (χ1n) is 7.30. The third kappa shape index (κ3) is 5.58. The third-order valence-electron chi connectivity index (χ3n) is 3.72. The van der Waals surface area contributed by atoms with Crippen molar-refractivity contribution in [1.29, 1.82) is 0 Å². The fraction of sp³-hybridized carbons (Fsp3) is 0.529. The third-order valence-corrected chi connectivity index (χ3v) is 3.72. The van der Waals surface area contributed by atoms with Crippen molar-refractivity contribution in [2.24, 2.45) is 5.41 Å². The predicted octanol–water partition coefficient (Wildman–Crippen LogP) is 1.70. The smallest absolute Gasteiger partial charge is 0.302 e. The fourth-order valence-electron chi connectivity index (χ4n) is 2.25. The molecule has 122 valence electrons. The summed E-state index contributed by atoms with van der Waals surface area (Å²) >= 11 is 0. The molecule has 0 aromatic carbocycles. The molecule has 0 saturated heterocycles. The summed E-state index contributed by atoms with van der Waals surface area (Å²) in [6.07, 6.45) is 5.28. The standard InChI is InChI=1S/C17H24O5/c1-12-5-4-6-14(10-18)15(20)7-8-17(3,9-16(12)21)11-22-13(2)19/h6-8,16,18,21H,1,4-5,9-11H2,2-3H3/b8-7+,14-6-. The van der Waals surface area contributed by atoms with Crippen LogP contribution in [0.3, 0.4) is 0 Å². The summed E-state index contributed by atoms with van der Waals surface area (Å²) in [5, 5.41) is 19.5. The van der Waals surface area contributed by atoms with E-state index in [1.807, 2.05) is 0 Å². The van der Waals surface area contributed by atoms with E-state index in [4.69, 9.17) is 4.74 Å². The van der Waals surface area contributed by atoms with E-state index in [1.54, 1.807) is 19.1 Å². The number of allylic oxidation sites excluding steroid dienone is 2. The number of esters is 1. The molecule has 0 aromatic rings. The van der Waals surface area contributed by atoms with Crippen LogP contribution in [0.4, 0.5) is 0 Å². The summed E-state index contributed by atoms with van der Waals surface area (Å²) in [6, 6.07) is 0. The van der Waals surface area contributed by atoms with Crippen molar-refractivity contribution in [3.05, 3.63) is 36.0 Å². The fourth-order valence-corrected chi connectivity index (χ4v) is 2.25. The number of aliphatic hydroxyl groups is 2. The molecule has 0 heterocycles. The first kappa shape index (κ1) is 18.3. The highest BCUT2D eigenvalue weighted by Crippen LogP contribution is 2.30. The largest absolute Gasteiger partial charge is 0.465 e. The van der Waals surface area contributed by atoms with Crippen molar-refractivity contribution in [3.63, 3.8) is 0 Å². The van der Waals surface area contributed by atoms with Crippen LogP contribution in [0.1, 0.15) is 33.1 Å². The molecule has 2 unspecified atom stereocenters. The second-order valence-corrected chi connectivity index (χ2v) is 5.94. The van der Waals surface area contributed by atoms with Crippen LogP contribution in [0.25, 0.3) is 0 Å². The molecule has 5 heteroatoms. The number of hydrogen-bond donors (Lipinski definition) is 2. The van der Waals surface area contributed by atoms with E-state index in [0.29, 0.717) is 30.4 Å². The maximum atomic E-state index is 12.1. The van der Waals surface area contributed by atoms with Gasteiger partial charge in [-0.05, 0) is 30.9 Å². The molecular formula is C17H24O5. The van der Waals surface area contributed by atoms with Crippen LogP contribution < -0.4 is 0 Å². The first-order valence-corrected chi connectivity index (χ1v) is 7.30. The van der Waals surface area contributed by atoms with Crippen LogP contribution in [0.2, 0.25) is 0 Å². The van der Waals surface area contributed by atoms with Crippen LogP contribution >= 0.6 is 0 Å². The lowest BCUT2D eigenvalue weighted by Gasteiger charge is -2.28. The summed E-state index contributed by atoms with van der Waals surface area (Å²) in [5.41, 5.74) is 0.287. The van der Waals surface area contributed by atoms with Gasteiger partial charge in [-0.3, -0.25) is 9.59 Å². The van der Waals surface area contributed by atoms with Gasteiger partial charge in [0.1, 0.15) is 6.61 Å². The molecule has 0 fully saturated rings. The maximum Gasteiger partial charge on any atom is 0.302 e. The Morgan fingerprint density at radius 3 is 2.82 bits per heavy atom. The summed E-state index contributed by atoms with van der Waals surface area (Å²) in [6.45, 7) is 6.71. The van der Waals surface area contributed by atoms with Gasteiger partial charge >= 0.3 is 5.97 Å². The van der Waals surface area contributed by atoms with Crippen LogP contribution in [-0.2, 0) is 14.3 Å². The highest BCUT2D eigenvalue weighted by Gasteiger charge is 2.28. The van der Waals surface area contributed by atoms with Crippen LogP contribution in [0.5, 0.6) is 0 Å². The molecule has 2 atom stereocenters. The Morgan fingerprint density at radius 2 is 2.23 bits per heavy atom. The molecule has 2 N–H and O–H groups in total. The monoisotopic (exact) mass is 308 g/mol. The molecule has 1 aliphatic carbocycles. The Kier molecular flexibility index (Phi) is 6.71. The quantitative estimate of drug-likeness (QED) is 0.612. The minimum Gasteiger partial charge on any atom is -0.465 e. The second-order valence-electron chi connectivity index (χ2n) is 5.94. The highest BCUT2D eigenvalue weighted by atomic mass is 16.5. The molecule has 0 aromatic heterocycles. The minimum atomic E-state index is -0.746. The molecule has 0 amide bonds. The molecule has 0 saturated carbocycles. The van der Waals surface area contributed by atoms with Gasteiger partial charge in [0, 0.05) is 17.9 Å². The average Bonchev–Trinajstić information content (AvgIpc) is 2.48. The van der Waals surface area contributed by atoms with E-state index in [1.165, 1.54) is 13.0 Å². The van der Waals surface area contributed by atoms with Gasteiger partial charge in [0.15, 0.2) is 5.78 Å². The Labute approximate surface area is 131 Å². The van der Waals surface area contributed by atoms with E-state index in [2.05, 4.69) is 6.58 Å². The van der Waals surface area contributed by atoms with Gasteiger partial charge in [0.05, 0.1) is 12.7 Å². The van der Waals surface area contributed by atoms with Gasteiger partial charge in [0.25, 0.3) is 0 Å². The van der Waals surface area contributed by atoms with E-state index < -0.39 is 17.5 Å². The Morgan fingerprint density at radius 1 is 1.55 bits per heavy atom. The second kappa shape index (κ2) is 8.06. The lowest BCUT2D eigenvalue weighted by atomic mass is 9.82. The number of hydrogen-bond acceptors (Lipinski definition) is 5. The lowest BCUT2D eigenvalue weighted by Crippen LogP contribution is -2.28. The molecule has 0 aliphatic heterocycles. The van der Waals surface area contributed by atoms with Crippen LogP contribution in [0, 0.1) is 5.41 Å².